The van der Waals surface area contributed by atoms with Crippen LogP contribution < -0.4 is 31.3 Å². The van der Waals surface area contributed by atoms with Gasteiger partial charge in [-0.3, -0.25) is 33.9 Å². The average molecular weight is 1070 g/mol. The van der Waals surface area contributed by atoms with Crippen LogP contribution in [0.3, 0.4) is 0 Å². The number of hydrogen-bond donors (Lipinski definition) is 4. The van der Waals surface area contributed by atoms with E-state index in [0.29, 0.717) is 48.2 Å². The number of benzene rings is 3. The topological polar surface area (TPSA) is 198 Å². The van der Waals surface area contributed by atoms with Crippen LogP contribution in [-0.2, 0) is 27.8 Å². The first-order chi connectivity index (χ1) is 37.9. The first-order valence-corrected chi connectivity index (χ1v) is 28.0. The molecule has 3 aromatic heterocycles. The van der Waals surface area contributed by atoms with Gasteiger partial charge in [0, 0.05) is 68.4 Å². The largest absolute Gasteiger partial charge is 0.508 e. The average Bonchev–Trinajstić information content (AvgIpc) is 4.33. The number of amides is 3. The molecule has 410 valence electrons. The number of carbonyl (C=O) groups excluding carboxylic acids is 3. The zero-order valence-corrected chi connectivity index (χ0v) is 44.3. The van der Waals surface area contributed by atoms with Crippen molar-refractivity contribution < 1.29 is 37.7 Å². The van der Waals surface area contributed by atoms with E-state index < -0.39 is 29.7 Å². The van der Waals surface area contributed by atoms with Crippen molar-refractivity contribution in [3.63, 3.8) is 0 Å². The second-order valence-corrected chi connectivity index (χ2v) is 22.2. The Morgan fingerprint density at radius 2 is 1.69 bits per heavy atom. The number of nitrogens with zero attached hydrogens (tertiary/aromatic N) is 7. The number of hydrogen-bond acceptors (Lipinski definition) is 13. The molecule has 5 saturated heterocycles. The number of piperazine rings is 1. The standard InChI is InChI=1S/C59H68F2N10O7/c1-3-42-45(60)19-16-37-29-41(72)30-43(50(37)42)52-51(61)53-44(31-63-52)54(69-32-38-17-18-39(33-69)64-38)67-56(66-53)78-35-59-24-13-27-70(59)40(23-25-59)34-77-57(75)62-26-12-10-8-6-4-5-7-9-11-14-36-15-20-46-48(28-36)68(2)58(76)71(46)47-21-22-49(73)65-55(47)74/h1,15-16,19-20,28-31,38-40,47,64,72H,4-14,17-18,21-27,32-35H2,2H3,(H,62,75)(H,65,73,74)/t38?,39?,40-,47?,59?/m0/s1. The summed E-state index contributed by atoms with van der Waals surface area (Å²) in [7, 11) is 1.72. The molecule has 5 aliphatic rings. The Morgan fingerprint density at radius 3 is 2.46 bits per heavy atom. The van der Waals surface area contributed by atoms with E-state index in [-0.39, 0.29) is 94.4 Å². The summed E-state index contributed by atoms with van der Waals surface area (Å²) in [4.78, 5) is 68.9. The van der Waals surface area contributed by atoms with Crippen molar-refractivity contribution in [2.45, 2.75) is 145 Å². The molecular formula is C59H68F2N10O7. The number of aromatic nitrogens is 5. The highest BCUT2D eigenvalue weighted by atomic mass is 19.1. The molecule has 5 atom stereocenters. The summed E-state index contributed by atoms with van der Waals surface area (Å²) in [5, 5.41) is 20.8. The number of imidazole rings is 1. The van der Waals surface area contributed by atoms with Crippen LogP contribution in [0, 0.1) is 24.0 Å². The van der Waals surface area contributed by atoms with E-state index in [1.807, 2.05) is 18.2 Å². The molecule has 4 unspecified atom stereocenters. The minimum absolute atomic E-state index is 0.00222. The minimum Gasteiger partial charge on any atom is -0.508 e. The number of ether oxygens (including phenoxy) is 2. The number of imide groups is 1. The van der Waals surface area contributed by atoms with Crippen LogP contribution in [-0.4, -0.2) is 115 Å². The lowest BCUT2D eigenvalue weighted by Crippen LogP contribution is -2.51. The molecule has 0 aliphatic carbocycles. The maximum absolute atomic E-state index is 17.2. The molecule has 6 aromatic rings. The number of pyridine rings is 1. The molecule has 0 spiro atoms. The smallest absolute Gasteiger partial charge is 0.407 e. The number of phenols is 1. The van der Waals surface area contributed by atoms with Gasteiger partial charge >= 0.3 is 17.8 Å². The van der Waals surface area contributed by atoms with Crippen LogP contribution in [0.2, 0.25) is 0 Å². The Labute approximate surface area is 451 Å². The van der Waals surface area contributed by atoms with E-state index >= 15 is 8.78 Å². The molecule has 8 heterocycles. The van der Waals surface area contributed by atoms with Gasteiger partial charge in [0.2, 0.25) is 11.8 Å². The molecular weight excluding hydrogens is 999 g/mol. The molecule has 0 saturated carbocycles. The number of nitrogens with one attached hydrogen (secondary N) is 3. The van der Waals surface area contributed by atoms with Crippen molar-refractivity contribution in [1.82, 2.24) is 44.9 Å². The third-order valence-electron chi connectivity index (χ3n) is 17.1. The lowest BCUT2D eigenvalue weighted by atomic mass is 9.95. The SMILES string of the molecule is C#Cc1c(F)ccc2cc(O)cc(-c3ncc4c(N5CC6CCC(C5)N6)nc(OCC56CCCN5[C@H](COC(=O)NCCCCCCCCCCCc5ccc7c(c5)n(C)c(=O)n7C5CCC(=O)NC5=O)CC6)nc4c3F)c12. The van der Waals surface area contributed by atoms with Crippen LogP contribution in [0.4, 0.5) is 19.4 Å². The van der Waals surface area contributed by atoms with Crippen LogP contribution in [0.1, 0.15) is 126 Å². The third-order valence-corrected chi connectivity index (χ3v) is 17.1. The van der Waals surface area contributed by atoms with E-state index in [2.05, 4.69) is 36.7 Å². The number of unbranched alkanes of at least 4 members (excludes halogenated alkanes) is 8. The van der Waals surface area contributed by atoms with Gasteiger partial charge in [0.05, 0.1) is 27.5 Å². The predicted octanol–water partition coefficient (Wildman–Crippen LogP) is 8.24. The summed E-state index contributed by atoms with van der Waals surface area (Å²) in [6, 6.07) is 11.4. The van der Waals surface area contributed by atoms with E-state index in [1.54, 1.807) is 11.6 Å². The molecule has 19 heteroatoms. The normalized spacial score (nSPS) is 22.1. The van der Waals surface area contributed by atoms with Gasteiger partial charge < -0.3 is 30.1 Å². The number of alkyl carbamates (subject to hydrolysis) is 1. The Bertz CT molecular complexity index is 3380. The maximum atomic E-state index is 17.2. The second-order valence-electron chi connectivity index (χ2n) is 22.2. The molecule has 2 bridgehead atoms. The second kappa shape index (κ2) is 22.7. The van der Waals surface area contributed by atoms with Crippen LogP contribution in [0.25, 0.3) is 44.0 Å². The summed E-state index contributed by atoms with van der Waals surface area (Å²) >= 11 is 0. The van der Waals surface area contributed by atoms with E-state index in [4.69, 9.17) is 25.9 Å². The molecule has 5 fully saturated rings. The quantitative estimate of drug-likeness (QED) is 0.0324. The van der Waals surface area contributed by atoms with E-state index in [0.717, 1.165) is 108 Å². The fourth-order valence-electron chi connectivity index (χ4n) is 13.1. The van der Waals surface area contributed by atoms with Crippen molar-refractivity contribution in [2.75, 3.05) is 44.3 Å². The summed E-state index contributed by atoms with van der Waals surface area (Å²) in [5.74, 6) is 0.639. The van der Waals surface area contributed by atoms with Crippen LogP contribution in [0.15, 0.2) is 53.5 Å². The Kier molecular flexibility index (Phi) is 15.4. The zero-order chi connectivity index (χ0) is 54.1. The van der Waals surface area contributed by atoms with Gasteiger partial charge in [0.25, 0.3) is 0 Å². The highest BCUT2D eigenvalue weighted by Gasteiger charge is 2.50. The molecule has 17 nitrogen and oxygen atoms in total. The van der Waals surface area contributed by atoms with Crippen molar-refractivity contribution in [3.8, 4) is 35.4 Å². The van der Waals surface area contributed by atoms with E-state index in [9.17, 15) is 24.3 Å². The Balaban J connectivity index is 0.630. The lowest BCUT2D eigenvalue weighted by molar-refractivity contribution is -0.135. The fraction of sp³-hybridized carbons (Fsp3) is 0.508. The minimum atomic E-state index is -0.765. The molecule has 78 heavy (non-hydrogen) atoms. The number of aryl methyl sites for hydroxylation is 2. The first-order valence-electron chi connectivity index (χ1n) is 28.0. The Hall–Kier alpha value is -7.17. The number of halogens is 2. The highest BCUT2D eigenvalue weighted by molar-refractivity contribution is 6.03. The van der Waals surface area contributed by atoms with Gasteiger partial charge in [-0.05, 0) is 112 Å². The number of terminal acetylenes is 1. The van der Waals surface area contributed by atoms with Crippen molar-refractivity contribution >= 4 is 56.4 Å². The lowest BCUT2D eigenvalue weighted by Gasteiger charge is -2.35. The Morgan fingerprint density at radius 1 is 0.923 bits per heavy atom. The fourth-order valence-corrected chi connectivity index (χ4v) is 13.1. The van der Waals surface area contributed by atoms with Gasteiger partial charge in [-0.2, -0.15) is 9.97 Å². The number of rotatable bonds is 20. The number of anilines is 1. The summed E-state index contributed by atoms with van der Waals surface area (Å²) in [5.41, 5.74) is 2.02. The molecule has 3 aromatic carbocycles. The zero-order valence-electron chi connectivity index (χ0n) is 44.3. The molecule has 4 N–H and O–H groups in total. The number of aromatic hydroxyl groups is 1. The third kappa shape index (κ3) is 10.6. The van der Waals surface area contributed by atoms with Crippen molar-refractivity contribution in [1.29, 1.82) is 0 Å². The monoisotopic (exact) mass is 1070 g/mol. The number of phenolic OH excluding ortho intramolecular Hbond substituents is 1. The van der Waals surface area contributed by atoms with Crippen molar-refractivity contribution in [2.24, 2.45) is 7.05 Å². The maximum Gasteiger partial charge on any atom is 0.407 e. The first kappa shape index (κ1) is 52.9. The predicted molar refractivity (Wildman–Crippen MR) is 292 cm³/mol. The molecule has 5 aliphatic heterocycles. The van der Waals surface area contributed by atoms with Gasteiger partial charge in [-0.25, -0.2) is 18.4 Å². The highest BCUT2D eigenvalue weighted by Crippen LogP contribution is 2.44. The van der Waals surface area contributed by atoms with Gasteiger partial charge in [0.1, 0.15) is 47.9 Å². The van der Waals surface area contributed by atoms with Gasteiger partial charge in [-0.15, -0.1) is 6.42 Å². The van der Waals surface area contributed by atoms with Gasteiger partial charge in [0.15, 0.2) is 5.82 Å². The van der Waals surface area contributed by atoms with E-state index in [1.165, 1.54) is 47.9 Å². The van der Waals surface area contributed by atoms with Crippen molar-refractivity contribution in [3.05, 3.63) is 81.9 Å². The number of fused-ring (bicyclic) bond motifs is 6. The van der Waals surface area contributed by atoms with Crippen LogP contribution >= 0.6 is 0 Å². The molecule has 0 radical (unpaired) electrons. The summed E-state index contributed by atoms with van der Waals surface area (Å²) in [6.45, 7) is 3.28. The summed E-state index contributed by atoms with van der Waals surface area (Å²) < 4.78 is 47.7. The van der Waals surface area contributed by atoms with Gasteiger partial charge in [-0.1, -0.05) is 63.0 Å². The van der Waals surface area contributed by atoms with Crippen LogP contribution in [0.5, 0.6) is 11.8 Å². The number of piperidine rings is 1. The number of carbonyl (C=O) groups is 3. The molecule has 3 amide bonds. The molecule has 11 rings (SSSR count). The summed E-state index contributed by atoms with van der Waals surface area (Å²) in [6.07, 6.45) is 23.8.